The Balaban J connectivity index is 1.37. The summed E-state index contributed by atoms with van der Waals surface area (Å²) < 4.78 is 12.3. The van der Waals surface area contributed by atoms with Gasteiger partial charge in [0.1, 0.15) is 5.75 Å². The Morgan fingerprint density at radius 3 is 2.43 bits per heavy atom. The molecule has 0 saturated heterocycles. The first-order valence-electron chi connectivity index (χ1n) is 15.7. The number of aliphatic imine (C=N–C) groups is 1. The zero-order valence-electron chi connectivity index (χ0n) is 25.8. The van der Waals surface area contributed by atoms with E-state index >= 15 is 0 Å². The smallest absolute Gasteiger partial charge is 0.266 e. The van der Waals surface area contributed by atoms with E-state index in [0.717, 1.165) is 18.4 Å². The molecular formula is C37H36N6O4. The number of aliphatic hydroxyl groups excluding tert-OH is 1. The lowest BCUT2D eigenvalue weighted by atomic mass is 9.83. The number of amides is 1. The maximum Gasteiger partial charge on any atom is 0.266 e. The highest BCUT2D eigenvalue weighted by molar-refractivity contribution is 6.01. The molecule has 238 valence electrons. The van der Waals surface area contributed by atoms with E-state index in [4.69, 9.17) is 19.6 Å². The van der Waals surface area contributed by atoms with Crippen LogP contribution in [-0.2, 0) is 22.4 Å². The number of carbonyl (C=O) groups excluding carboxylic acids is 1. The van der Waals surface area contributed by atoms with Gasteiger partial charge in [0.05, 0.1) is 6.61 Å². The van der Waals surface area contributed by atoms with E-state index in [2.05, 4.69) is 33.0 Å². The van der Waals surface area contributed by atoms with Crippen molar-refractivity contribution >= 4 is 23.6 Å². The largest absolute Gasteiger partial charge is 0.494 e. The lowest BCUT2D eigenvalue weighted by Gasteiger charge is -2.31. The molecule has 4 aromatic carbocycles. The van der Waals surface area contributed by atoms with Crippen molar-refractivity contribution < 1.29 is 19.4 Å². The molecule has 47 heavy (non-hydrogen) atoms. The molecular weight excluding hydrogens is 592 g/mol. The molecule has 0 spiro atoms. The lowest BCUT2D eigenvalue weighted by Crippen LogP contribution is -2.55. The van der Waals surface area contributed by atoms with E-state index < -0.39 is 11.6 Å². The van der Waals surface area contributed by atoms with Crippen LogP contribution in [0.25, 0.3) is 16.5 Å². The van der Waals surface area contributed by atoms with E-state index in [1.54, 1.807) is 30.3 Å². The fourth-order valence-electron chi connectivity index (χ4n) is 6.02. The number of hydrazine groups is 1. The molecule has 0 aromatic heterocycles. The summed E-state index contributed by atoms with van der Waals surface area (Å²) in [6, 6.07) is 32.5. The van der Waals surface area contributed by atoms with E-state index in [9.17, 15) is 10.3 Å². The summed E-state index contributed by atoms with van der Waals surface area (Å²) in [5, 5.41) is 13.0. The first-order valence-corrected chi connectivity index (χ1v) is 15.7. The predicted molar refractivity (Wildman–Crippen MR) is 181 cm³/mol. The van der Waals surface area contributed by atoms with Gasteiger partial charge in [0.2, 0.25) is 5.90 Å². The number of ether oxygens (including phenoxy) is 2. The predicted octanol–water partition coefficient (Wildman–Crippen LogP) is 6.54. The Morgan fingerprint density at radius 1 is 1.00 bits per heavy atom. The molecule has 2 atom stereocenters. The zero-order valence-corrected chi connectivity index (χ0v) is 25.8. The molecule has 2 aliphatic rings. The number of aliphatic hydroxyl groups is 1. The lowest BCUT2D eigenvalue weighted by molar-refractivity contribution is -0.130. The van der Waals surface area contributed by atoms with Crippen molar-refractivity contribution in [2.75, 3.05) is 13.2 Å². The quantitative estimate of drug-likeness (QED) is 0.0507. The van der Waals surface area contributed by atoms with Gasteiger partial charge in [-0.05, 0) is 59.3 Å². The molecule has 6 rings (SSSR count). The molecule has 1 aliphatic carbocycles. The molecule has 1 aliphatic heterocycles. The average molecular weight is 629 g/mol. The van der Waals surface area contributed by atoms with Crippen LogP contribution < -0.4 is 15.6 Å². The van der Waals surface area contributed by atoms with Crippen molar-refractivity contribution in [3.63, 3.8) is 0 Å². The minimum absolute atomic E-state index is 0.0198. The van der Waals surface area contributed by atoms with Crippen molar-refractivity contribution in [2.45, 2.75) is 43.4 Å². The van der Waals surface area contributed by atoms with E-state index in [-0.39, 0.29) is 30.9 Å². The normalized spacial score (nSPS) is 18.7. The van der Waals surface area contributed by atoms with Crippen LogP contribution in [0.5, 0.6) is 5.75 Å². The molecule has 0 unspecified atom stereocenters. The number of nitrogens with zero attached hydrogens (tertiary/aromatic N) is 4. The van der Waals surface area contributed by atoms with Crippen molar-refractivity contribution in [1.29, 1.82) is 0 Å². The number of carbonyl (C=O) groups is 1. The number of nitrogens with one attached hydrogen (secondary N) is 2. The van der Waals surface area contributed by atoms with Gasteiger partial charge >= 0.3 is 0 Å². The monoisotopic (exact) mass is 628 g/mol. The second-order valence-electron chi connectivity index (χ2n) is 11.5. The topological polar surface area (TPSA) is 141 Å². The van der Waals surface area contributed by atoms with Crippen LogP contribution in [0.4, 0.5) is 5.69 Å². The molecule has 1 amide bonds. The van der Waals surface area contributed by atoms with Gasteiger partial charge in [0.25, 0.3) is 5.91 Å². The standard InChI is InChI=1S/C37H36N6O4/c38-43-41-33-16-7-6-15-32(33)34-37(21-8-12-26-10-2-1-3-11-26,36(45)42-40-30-24-28-13-4-5-14-29(28)25-30)39-35(47-34)27-17-19-31(20-18-27)46-23-9-22-44/h1-8,10-20,30,34,40,44H,9,21-25H2,(H,42,45)/b12-8+/t34-,37-/m0/s1. The second-order valence-corrected chi connectivity index (χ2v) is 11.5. The van der Waals surface area contributed by atoms with Crippen LogP contribution in [0.1, 0.15) is 46.8 Å². The van der Waals surface area contributed by atoms with Crippen LogP contribution in [0.3, 0.4) is 0 Å². The highest BCUT2D eigenvalue weighted by Gasteiger charge is 2.53. The number of hydrogen-bond acceptors (Lipinski definition) is 7. The second kappa shape index (κ2) is 14.8. The van der Waals surface area contributed by atoms with E-state index in [1.807, 2.05) is 72.8 Å². The van der Waals surface area contributed by atoms with Crippen LogP contribution in [0, 0.1) is 0 Å². The van der Waals surface area contributed by atoms with Gasteiger partial charge in [0.15, 0.2) is 11.6 Å². The Kier molecular flexibility index (Phi) is 9.93. The first kappa shape index (κ1) is 31.6. The van der Waals surface area contributed by atoms with Gasteiger partial charge < -0.3 is 14.6 Å². The number of azide groups is 1. The fraction of sp³-hybridized carbons (Fsp3) is 0.243. The molecule has 0 fully saturated rings. The van der Waals surface area contributed by atoms with Crippen molar-refractivity contribution in [3.8, 4) is 5.75 Å². The molecule has 10 nitrogen and oxygen atoms in total. The third kappa shape index (κ3) is 7.21. The van der Waals surface area contributed by atoms with Crippen LogP contribution in [0.15, 0.2) is 119 Å². The van der Waals surface area contributed by atoms with E-state index in [1.165, 1.54) is 11.1 Å². The number of hydrogen-bond donors (Lipinski definition) is 3. The van der Waals surface area contributed by atoms with Gasteiger partial charge in [-0.15, -0.1) is 0 Å². The minimum Gasteiger partial charge on any atom is -0.494 e. The molecule has 0 radical (unpaired) electrons. The number of fused-ring (bicyclic) bond motifs is 1. The van der Waals surface area contributed by atoms with Crippen LogP contribution in [-0.4, -0.2) is 41.7 Å². The highest BCUT2D eigenvalue weighted by atomic mass is 16.5. The Morgan fingerprint density at radius 2 is 1.70 bits per heavy atom. The third-order valence-corrected chi connectivity index (χ3v) is 8.38. The number of rotatable bonds is 13. The summed E-state index contributed by atoms with van der Waals surface area (Å²) >= 11 is 0. The van der Waals surface area contributed by atoms with Gasteiger partial charge in [-0.1, -0.05) is 96.1 Å². The van der Waals surface area contributed by atoms with Crippen molar-refractivity contribution in [2.24, 2.45) is 10.1 Å². The van der Waals surface area contributed by atoms with Crippen molar-refractivity contribution in [1.82, 2.24) is 10.9 Å². The molecule has 0 bridgehead atoms. The highest BCUT2D eigenvalue weighted by Crippen LogP contribution is 2.45. The fourth-order valence-corrected chi connectivity index (χ4v) is 6.02. The van der Waals surface area contributed by atoms with Gasteiger partial charge in [-0.3, -0.25) is 10.2 Å². The summed E-state index contributed by atoms with van der Waals surface area (Å²) in [6.07, 6.45) is 5.27. The number of benzene rings is 4. The Hall–Kier alpha value is -5.41. The maximum atomic E-state index is 14.5. The summed E-state index contributed by atoms with van der Waals surface area (Å²) in [4.78, 5) is 22.6. The van der Waals surface area contributed by atoms with Gasteiger partial charge in [0, 0.05) is 47.2 Å². The Labute approximate surface area is 273 Å². The molecule has 10 heteroatoms. The molecule has 3 N–H and O–H groups in total. The Bertz CT molecular complexity index is 1780. The van der Waals surface area contributed by atoms with Crippen molar-refractivity contribution in [3.05, 3.63) is 147 Å². The van der Waals surface area contributed by atoms with E-state index in [0.29, 0.717) is 35.6 Å². The zero-order chi connectivity index (χ0) is 32.5. The maximum absolute atomic E-state index is 14.5. The summed E-state index contributed by atoms with van der Waals surface area (Å²) in [5.41, 5.74) is 19.2. The summed E-state index contributed by atoms with van der Waals surface area (Å²) in [7, 11) is 0. The van der Waals surface area contributed by atoms with Crippen LogP contribution in [0.2, 0.25) is 0 Å². The third-order valence-electron chi connectivity index (χ3n) is 8.38. The van der Waals surface area contributed by atoms with Crippen LogP contribution >= 0.6 is 0 Å². The molecule has 0 saturated carbocycles. The SMILES string of the molecule is [N-]=[N+]=Nc1ccccc1[C@@H]1OC(c2ccc(OCCCO)cc2)=N[C@]1(C/C=C/c1ccccc1)C(=O)NNC1Cc2ccccc2C1. The molecule has 4 aromatic rings. The minimum atomic E-state index is -1.46. The average Bonchev–Trinajstić information content (AvgIpc) is 3.71. The van der Waals surface area contributed by atoms with Gasteiger partial charge in [-0.2, -0.15) is 0 Å². The van der Waals surface area contributed by atoms with Gasteiger partial charge in [-0.25, -0.2) is 10.4 Å². The summed E-state index contributed by atoms with van der Waals surface area (Å²) in [6.45, 7) is 0.439. The summed E-state index contributed by atoms with van der Waals surface area (Å²) in [5.74, 6) is 0.553. The molecule has 1 heterocycles. The first-order chi connectivity index (χ1) is 23.1.